The van der Waals surface area contributed by atoms with Crippen LogP contribution in [0.5, 0.6) is 0 Å². The number of hydrogen-bond acceptors (Lipinski definition) is 3. The summed E-state index contributed by atoms with van der Waals surface area (Å²) >= 11 is 0. The first-order chi connectivity index (χ1) is 11.9. The molecule has 0 aromatic rings. The fourth-order valence-electron chi connectivity index (χ4n) is 2.46. The van der Waals surface area contributed by atoms with E-state index in [0.717, 1.165) is 45.4 Å². The zero-order valence-electron chi connectivity index (χ0n) is 16.0. The molecule has 0 spiro atoms. The summed E-state index contributed by atoms with van der Waals surface area (Å²) in [4.78, 5) is 22.3. The van der Waals surface area contributed by atoms with Crippen LogP contribution in [0, 0.1) is 0 Å². The highest BCUT2D eigenvalue weighted by atomic mass is 16.4. The van der Waals surface area contributed by atoms with E-state index in [0.29, 0.717) is 6.42 Å². The molecule has 0 heterocycles. The number of rotatable bonds is 16. The van der Waals surface area contributed by atoms with Crippen LogP contribution in [0.1, 0.15) is 90.9 Å². The minimum absolute atomic E-state index is 0.129. The molecule has 144 valence electrons. The van der Waals surface area contributed by atoms with Gasteiger partial charge in [0.2, 0.25) is 5.60 Å². The van der Waals surface area contributed by atoms with Gasteiger partial charge in [-0.25, -0.2) is 4.79 Å². The molecule has 0 fully saturated rings. The fourth-order valence-corrected chi connectivity index (χ4v) is 2.46. The van der Waals surface area contributed by atoms with Crippen LogP contribution in [-0.2, 0) is 9.59 Å². The third-order valence-electron chi connectivity index (χ3n) is 4.31. The summed E-state index contributed by atoms with van der Waals surface area (Å²) in [5, 5.41) is 18.3. The first-order valence-electron chi connectivity index (χ1n) is 9.72. The van der Waals surface area contributed by atoms with Crippen molar-refractivity contribution < 1.29 is 19.8 Å². The largest absolute Gasteiger partial charge is 0.479 e. The Balaban J connectivity index is 3.49. The van der Waals surface area contributed by atoms with Gasteiger partial charge in [-0.3, -0.25) is 4.79 Å². The fraction of sp³-hybridized carbons (Fsp3) is 0.714. The van der Waals surface area contributed by atoms with Crippen molar-refractivity contribution in [3.05, 3.63) is 24.3 Å². The summed E-state index contributed by atoms with van der Waals surface area (Å²) in [5.41, 5.74) is -2.24. The molecule has 1 unspecified atom stereocenters. The van der Waals surface area contributed by atoms with E-state index in [9.17, 15) is 14.7 Å². The molecule has 0 saturated heterocycles. The van der Waals surface area contributed by atoms with Crippen LogP contribution in [-0.4, -0.2) is 27.6 Å². The topological polar surface area (TPSA) is 74.6 Å². The number of unbranched alkanes of at least 4 members (excludes halogenated alkanes) is 8. The van der Waals surface area contributed by atoms with Crippen LogP contribution in [0.3, 0.4) is 0 Å². The number of ketones is 1. The molecule has 1 atom stereocenters. The molecule has 2 N–H and O–H groups in total. The molecule has 0 rings (SSSR count). The Morgan fingerprint density at radius 2 is 1.36 bits per heavy atom. The predicted molar refractivity (Wildman–Crippen MR) is 103 cm³/mol. The molecule has 0 aromatic heterocycles. The minimum Gasteiger partial charge on any atom is -0.479 e. The second-order valence-corrected chi connectivity index (χ2v) is 6.78. The van der Waals surface area contributed by atoms with Gasteiger partial charge in [-0.1, -0.05) is 63.3 Å². The number of allylic oxidation sites excluding steroid dienone is 4. The second kappa shape index (κ2) is 14.9. The molecule has 0 radical (unpaired) electrons. The van der Waals surface area contributed by atoms with Crippen molar-refractivity contribution in [2.24, 2.45) is 0 Å². The van der Waals surface area contributed by atoms with Gasteiger partial charge in [0.05, 0.1) is 0 Å². The SMILES string of the molecule is CCCCC/C=C\C/C=C\CCCCCCCC(=O)C(C)(O)C(=O)O. The summed E-state index contributed by atoms with van der Waals surface area (Å²) in [6, 6.07) is 0. The highest BCUT2D eigenvalue weighted by Gasteiger charge is 2.37. The summed E-state index contributed by atoms with van der Waals surface area (Å²) in [6.07, 6.45) is 21.0. The smallest absolute Gasteiger partial charge is 0.343 e. The minimum atomic E-state index is -2.24. The number of carbonyl (C=O) groups is 2. The van der Waals surface area contributed by atoms with Gasteiger partial charge < -0.3 is 10.2 Å². The summed E-state index contributed by atoms with van der Waals surface area (Å²) < 4.78 is 0. The summed E-state index contributed by atoms with van der Waals surface area (Å²) in [7, 11) is 0. The van der Waals surface area contributed by atoms with Crippen LogP contribution in [0.25, 0.3) is 0 Å². The standard InChI is InChI=1S/C21H36O4/c1-3-4-5-6-7-8-9-10-11-12-13-14-15-16-17-18-19(22)21(2,25)20(23)24/h7-8,10-11,25H,3-6,9,12-18H2,1-2H3,(H,23,24)/b8-7-,11-10-. The second-order valence-electron chi connectivity index (χ2n) is 6.78. The van der Waals surface area contributed by atoms with E-state index in [4.69, 9.17) is 5.11 Å². The van der Waals surface area contributed by atoms with E-state index in [1.807, 2.05) is 0 Å². The zero-order valence-corrected chi connectivity index (χ0v) is 16.0. The number of aliphatic carboxylic acids is 1. The molecule has 0 aromatic carbocycles. The first-order valence-corrected chi connectivity index (χ1v) is 9.72. The summed E-state index contributed by atoms with van der Waals surface area (Å²) in [6.45, 7) is 3.26. The summed E-state index contributed by atoms with van der Waals surface area (Å²) in [5.74, 6) is -2.08. The lowest BCUT2D eigenvalue weighted by atomic mass is 9.96. The highest BCUT2D eigenvalue weighted by molar-refractivity contribution is 6.05. The van der Waals surface area contributed by atoms with E-state index < -0.39 is 17.4 Å². The first kappa shape index (κ1) is 23.6. The van der Waals surface area contributed by atoms with E-state index in [1.165, 1.54) is 25.7 Å². The van der Waals surface area contributed by atoms with Crippen LogP contribution in [0.4, 0.5) is 0 Å². The Labute approximate surface area is 153 Å². The van der Waals surface area contributed by atoms with Crippen molar-refractivity contribution in [2.75, 3.05) is 0 Å². The molecule has 4 heteroatoms. The average Bonchev–Trinajstić information content (AvgIpc) is 2.57. The third-order valence-corrected chi connectivity index (χ3v) is 4.31. The van der Waals surface area contributed by atoms with E-state index in [1.54, 1.807) is 0 Å². The van der Waals surface area contributed by atoms with Crippen molar-refractivity contribution in [3.8, 4) is 0 Å². The van der Waals surface area contributed by atoms with Crippen LogP contribution in [0.15, 0.2) is 24.3 Å². The Bertz CT molecular complexity index is 422. The Hall–Kier alpha value is -1.42. The lowest BCUT2D eigenvalue weighted by Gasteiger charge is -2.15. The molecule has 0 aliphatic heterocycles. The normalized spacial score (nSPS) is 14.2. The van der Waals surface area contributed by atoms with Crippen molar-refractivity contribution in [1.29, 1.82) is 0 Å². The van der Waals surface area contributed by atoms with Crippen LogP contribution >= 0.6 is 0 Å². The number of carboxylic acid groups (broad SMARTS) is 1. The van der Waals surface area contributed by atoms with Gasteiger partial charge >= 0.3 is 5.97 Å². The van der Waals surface area contributed by atoms with Gasteiger partial charge in [-0.15, -0.1) is 0 Å². The van der Waals surface area contributed by atoms with E-state index in [-0.39, 0.29) is 6.42 Å². The van der Waals surface area contributed by atoms with E-state index in [2.05, 4.69) is 31.2 Å². The van der Waals surface area contributed by atoms with Gasteiger partial charge in [0.25, 0.3) is 0 Å². The van der Waals surface area contributed by atoms with Crippen molar-refractivity contribution in [3.63, 3.8) is 0 Å². The monoisotopic (exact) mass is 352 g/mol. The molecule has 4 nitrogen and oxygen atoms in total. The maximum atomic E-state index is 11.6. The number of aliphatic hydroxyl groups is 1. The Kier molecular flexibility index (Phi) is 14.0. The van der Waals surface area contributed by atoms with E-state index >= 15 is 0 Å². The third kappa shape index (κ3) is 12.6. The molecule has 0 amide bonds. The van der Waals surface area contributed by atoms with Gasteiger partial charge in [-0.05, 0) is 45.4 Å². The lowest BCUT2D eigenvalue weighted by molar-refractivity contribution is -0.163. The molecular weight excluding hydrogens is 316 g/mol. The van der Waals surface area contributed by atoms with Gasteiger partial charge in [-0.2, -0.15) is 0 Å². The number of carbonyl (C=O) groups excluding carboxylic acids is 1. The van der Waals surface area contributed by atoms with Crippen molar-refractivity contribution in [2.45, 2.75) is 96.5 Å². The van der Waals surface area contributed by atoms with Gasteiger partial charge in [0, 0.05) is 6.42 Å². The van der Waals surface area contributed by atoms with Gasteiger partial charge in [0.15, 0.2) is 5.78 Å². The maximum absolute atomic E-state index is 11.6. The maximum Gasteiger partial charge on any atom is 0.343 e. The van der Waals surface area contributed by atoms with Crippen molar-refractivity contribution in [1.82, 2.24) is 0 Å². The number of carboxylic acids is 1. The Morgan fingerprint density at radius 1 is 0.840 bits per heavy atom. The Morgan fingerprint density at radius 3 is 1.92 bits per heavy atom. The van der Waals surface area contributed by atoms with Crippen LogP contribution < -0.4 is 0 Å². The van der Waals surface area contributed by atoms with Crippen LogP contribution in [0.2, 0.25) is 0 Å². The average molecular weight is 353 g/mol. The highest BCUT2D eigenvalue weighted by Crippen LogP contribution is 2.13. The molecule has 0 aliphatic carbocycles. The predicted octanol–water partition coefficient (Wildman–Crippen LogP) is 5.20. The quantitative estimate of drug-likeness (QED) is 0.227. The molecule has 0 aliphatic rings. The molecule has 0 saturated carbocycles. The lowest BCUT2D eigenvalue weighted by Crippen LogP contribution is -2.43. The van der Waals surface area contributed by atoms with Gasteiger partial charge in [0.1, 0.15) is 0 Å². The molecular formula is C21H36O4. The molecule has 25 heavy (non-hydrogen) atoms. The number of hydrogen-bond donors (Lipinski definition) is 2. The number of Topliss-reactive ketones (excluding diaryl/α,β-unsaturated/α-hetero) is 1. The zero-order chi connectivity index (χ0) is 19.0. The van der Waals surface area contributed by atoms with Crippen molar-refractivity contribution >= 4 is 11.8 Å². The molecule has 0 bridgehead atoms.